The Morgan fingerprint density at radius 1 is 1.15 bits per heavy atom. The predicted molar refractivity (Wildman–Crippen MR) is 153 cm³/mol. The summed E-state index contributed by atoms with van der Waals surface area (Å²) in [6.07, 6.45) is 0.546. The fourth-order valence-electron chi connectivity index (χ4n) is 4.25. The Morgan fingerprint density at radius 2 is 1.80 bits per heavy atom. The van der Waals surface area contributed by atoms with Gasteiger partial charge in [0.05, 0.1) is 21.8 Å². The number of carbonyl (C=O) groups excluding carboxylic acids is 2. The number of nitro benzene ring substituents is 1. The summed E-state index contributed by atoms with van der Waals surface area (Å²) in [5.41, 5.74) is 1.33. The zero-order valence-electron chi connectivity index (χ0n) is 22.8. The monoisotopic (exact) mass is 584 g/mol. The minimum Gasteiger partial charge on any atom is -0.478 e. The first kappa shape index (κ1) is 29.5. The summed E-state index contributed by atoms with van der Waals surface area (Å²) in [7, 11) is -0.800. The van der Waals surface area contributed by atoms with Crippen molar-refractivity contribution in [1.29, 1.82) is 0 Å². The highest BCUT2D eigenvalue weighted by Crippen LogP contribution is 2.54. The number of carboxylic acids is 1. The molecule has 2 aliphatic heterocycles. The average Bonchev–Trinajstić information content (AvgIpc) is 3.27. The lowest BCUT2D eigenvalue weighted by molar-refractivity contribution is -0.384. The molecule has 1 saturated heterocycles. The molecule has 0 unspecified atom stereocenters. The molecule has 4 rings (SSSR count). The van der Waals surface area contributed by atoms with Crippen LogP contribution in [0.1, 0.15) is 55.6 Å². The molecular weight excluding hydrogens is 552 g/mol. The van der Waals surface area contributed by atoms with Gasteiger partial charge < -0.3 is 14.3 Å². The van der Waals surface area contributed by atoms with Crippen LogP contribution in [0.4, 0.5) is 5.69 Å². The van der Waals surface area contributed by atoms with E-state index in [1.807, 2.05) is 0 Å². The van der Waals surface area contributed by atoms with E-state index >= 15 is 0 Å². The average molecular weight is 585 g/mol. The number of esters is 1. The van der Waals surface area contributed by atoms with E-state index in [-0.39, 0.29) is 45.8 Å². The Kier molecular flexibility index (Phi) is 8.81. The van der Waals surface area contributed by atoms with E-state index in [1.54, 1.807) is 12.1 Å². The van der Waals surface area contributed by atoms with Crippen LogP contribution < -0.4 is 0 Å². The number of carboxylic acid groups (broad SMARTS) is 1. The maximum absolute atomic E-state index is 13.3. The number of β-lactam (4-membered cyclic amide) rings is 1. The Balaban J connectivity index is 1.50. The number of thioether (sulfide) groups is 1. The number of hydrogen-bond acceptors (Lipinski definition) is 8. The largest absolute Gasteiger partial charge is 0.478 e. The van der Waals surface area contributed by atoms with Crippen molar-refractivity contribution in [3.8, 4) is 0 Å². The van der Waals surface area contributed by atoms with Gasteiger partial charge in [-0.05, 0) is 52.8 Å². The van der Waals surface area contributed by atoms with Crippen LogP contribution in [0.25, 0.3) is 4.91 Å². The molecule has 1 amide bonds. The maximum Gasteiger partial charge on any atom is 0.356 e. The van der Waals surface area contributed by atoms with Gasteiger partial charge in [-0.1, -0.05) is 51.6 Å². The van der Waals surface area contributed by atoms with Crippen molar-refractivity contribution >= 4 is 50.0 Å². The van der Waals surface area contributed by atoms with Crippen molar-refractivity contribution in [2.45, 2.75) is 51.1 Å². The molecule has 2 atom stereocenters. The number of amides is 1. The van der Waals surface area contributed by atoms with E-state index in [4.69, 9.17) is 9.16 Å². The molecule has 0 bridgehead atoms. The molecule has 2 heterocycles. The minimum absolute atomic E-state index is 0.0726. The summed E-state index contributed by atoms with van der Waals surface area (Å²) in [5, 5.41) is 20.0. The summed E-state index contributed by atoms with van der Waals surface area (Å²) in [4.78, 5) is 50.3. The number of carbonyl (C=O) groups is 3. The Morgan fingerprint density at radius 3 is 2.38 bits per heavy atom. The standard InChI is InChI=1S/C28H32N2O8SSi/c1-16(2)28(3,4)40-38-14-13-21-24(31)29-22(27(34)37-15-17-5-11-20(12-6-17)30(35)36)23(39-25(21)29)18-7-9-19(10-8-18)26(32)33/h5-12,16,21,25H,13-15,40H2,1-4H3,(H,32,33)/t21-,25+/m0/s1. The van der Waals surface area contributed by atoms with Crippen LogP contribution in [0, 0.1) is 22.0 Å². The molecule has 12 heteroatoms. The first-order valence-corrected chi connectivity index (χ1v) is 15.1. The minimum atomic E-state index is -1.06. The Hall–Kier alpha value is -3.48. The molecule has 2 aromatic rings. The smallest absolute Gasteiger partial charge is 0.356 e. The second kappa shape index (κ2) is 11.9. The lowest BCUT2D eigenvalue weighted by Gasteiger charge is -2.42. The normalized spacial score (nSPS) is 18.8. The van der Waals surface area contributed by atoms with E-state index < -0.39 is 26.6 Å². The van der Waals surface area contributed by atoms with E-state index in [9.17, 15) is 29.6 Å². The second-order valence-electron chi connectivity index (χ2n) is 10.9. The van der Waals surface area contributed by atoms with Crippen LogP contribution in [0.5, 0.6) is 0 Å². The van der Waals surface area contributed by atoms with E-state index in [1.165, 1.54) is 53.1 Å². The molecule has 2 aromatic carbocycles. The highest BCUT2D eigenvalue weighted by Gasteiger charge is 2.56. The number of benzene rings is 2. The number of ether oxygens (including phenoxy) is 1. The molecule has 0 spiro atoms. The quantitative estimate of drug-likeness (QED) is 0.0949. The fourth-order valence-corrected chi connectivity index (χ4v) is 6.96. The molecule has 0 aliphatic carbocycles. The van der Waals surface area contributed by atoms with Crippen LogP contribution in [0.15, 0.2) is 54.2 Å². The SMILES string of the molecule is CC(C)C(C)(C)[SiH2]OCC[C@H]1C(=O)N2C(C(=O)OCc3ccc([N+](=O)[O-])cc3)=C(c3ccc(C(=O)O)cc3)S[C@H]12. The molecule has 0 aromatic heterocycles. The molecule has 0 saturated carbocycles. The van der Waals surface area contributed by atoms with Gasteiger partial charge in [0.1, 0.15) is 12.3 Å². The zero-order chi connectivity index (χ0) is 29.2. The van der Waals surface area contributed by atoms with Crippen molar-refractivity contribution in [3.05, 3.63) is 81.0 Å². The second-order valence-corrected chi connectivity index (χ2v) is 14.5. The molecular formula is C28H32N2O8SSi. The summed E-state index contributed by atoms with van der Waals surface area (Å²) < 4.78 is 11.6. The number of hydrogen-bond donors (Lipinski definition) is 1. The van der Waals surface area contributed by atoms with Gasteiger partial charge >= 0.3 is 11.9 Å². The number of nitro groups is 1. The van der Waals surface area contributed by atoms with Crippen LogP contribution in [-0.4, -0.2) is 54.5 Å². The van der Waals surface area contributed by atoms with Crippen LogP contribution in [-0.2, 0) is 25.4 Å². The van der Waals surface area contributed by atoms with Crippen molar-refractivity contribution in [1.82, 2.24) is 4.90 Å². The molecule has 1 N–H and O–H groups in total. The first-order valence-electron chi connectivity index (χ1n) is 13.0. The van der Waals surface area contributed by atoms with Crippen LogP contribution in [0.3, 0.4) is 0 Å². The summed E-state index contributed by atoms with van der Waals surface area (Å²) >= 11 is 1.39. The highest BCUT2D eigenvalue weighted by atomic mass is 32.2. The maximum atomic E-state index is 13.3. The summed E-state index contributed by atoms with van der Waals surface area (Å²) in [6, 6.07) is 11.8. The zero-order valence-corrected chi connectivity index (χ0v) is 25.0. The lowest BCUT2D eigenvalue weighted by atomic mass is 9.94. The lowest BCUT2D eigenvalue weighted by Crippen LogP contribution is -2.57. The predicted octanol–water partition coefficient (Wildman–Crippen LogP) is 4.58. The molecule has 40 heavy (non-hydrogen) atoms. The van der Waals surface area contributed by atoms with Crippen molar-refractivity contribution in [2.75, 3.05) is 6.61 Å². The summed E-state index contributed by atoms with van der Waals surface area (Å²) in [5.74, 6) is -1.74. The topological polar surface area (TPSA) is 136 Å². The number of fused-ring (bicyclic) bond motifs is 1. The van der Waals surface area contributed by atoms with Crippen molar-refractivity contribution < 1.29 is 33.6 Å². The van der Waals surface area contributed by atoms with Gasteiger partial charge in [0.2, 0.25) is 5.91 Å². The van der Waals surface area contributed by atoms with Gasteiger partial charge in [0, 0.05) is 23.6 Å². The van der Waals surface area contributed by atoms with Gasteiger partial charge in [-0.15, -0.1) is 0 Å². The number of non-ortho nitro benzene ring substituents is 1. The number of rotatable bonds is 12. The molecule has 212 valence electrons. The van der Waals surface area contributed by atoms with E-state index in [0.717, 1.165) is 0 Å². The van der Waals surface area contributed by atoms with Gasteiger partial charge in [-0.3, -0.25) is 19.8 Å². The van der Waals surface area contributed by atoms with E-state index in [2.05, 4.69) is 27.7 Å². The fraction of sp³-hybridized carbons (Fsp3) is 0.393. The molecule has 1 fully saturated rings. The van der Waals surface area contributed by atoms with Gasteiger partial charge in [-0.2, -0.15) is 0 Å². The third-order valence-electron chi connectivity index (χ3n) is 7.56. The van der Waals surface area contributed by atoms with Crippen molar-refractivity contribution in [2.24, 2.45) is 11.8 Å². The third-order valence-corrected chi connectivity index (χ3v) is 11.1. The highest BCUT2D eigenvalue weighted by molar-refractivity contribution is 8.09. The molecule has 2 aliphatic rings. The Bertz CT molecular complexity index is 1340. The Labute approximate surface area is 238 Å². The number of aromatic carboxylic acids is 1. The molecule has 10 nitrogen and oxygen atoms in total. The molecule has 0 radical (unpaired) electrons. The van der Waals surface area contributed by atoms with Gasteiger partial charge in [0.15, 0.2) is 9.76 Å². The third kappa shape index (κ3) is 6.13. The van der Waals surface area contributed by atoms with Crippen molar-refractivity contribution in [3.63, 3.8) is 0 Å². The number of nitrogens with zero attached hydrogens (tertiary/aromatic N) is 2. The van der Waals surface area contributed by atoms with Gasteiger partial charge in [0.25, 0.3) is 5.69 Å². The van der Waals surface area contributed by atoms with E-state index in [0.29, 0.717) is 35.0 Å². The van der Waals surface area contributed by atoms with Crippen LogP contribution >= 0.6 is 11.8 Å². The summed E-state index contributed by atoms with van der Waals surface area (Å²) in [6.45, 7) is 9.11. The van der Waals surface area contributed by atoms with Crippen LogP contribution in [0.2, 0.25) is 5.04 Å². The first-order chi connectivity index (χ1) is 18.9. The van der Waals surface area contributed by atoms with Gasteiger partial charge in [-0.25, -0.2) is 9.59 Å².